The Morgan fingerprint density at radius 2 is 2.26 bits per heavy atom. The molecule has 3 nitrogen and oxygen atoms in total. The van der Waals surface area contributed by atoms with Crippen LogP contribution in [-0.2, 0) is 4.74 Å². The van der Waals surface area contributed by atoms with Crippen molar-refractivity contribution in [2.45, 2.75) is 38.5 Å². The van der Waals surface area contributed by atoms with Gasteiger partial charge >= 0.3 is 6.61 Å². The molecule has 0 aliphatic carbocycles. The molecule has 1 N–H and O–H groups in total. The highest BCUT2D eigenvalue weighted by molar-refractivity contribution is 5.30. The number of ether oxygens (including phenoxy) is 2. The second-order valence-electron chi connectivity index (χ2n) is 4.75. The SMILES string of the molecule is CC(NC1CCCOC1)c1cccc(OC(F)F)c1. The minimum absolute atomic E-state index is 0.0768. The van der Waals surface area contributed by atoms with E-state index in [2.05, 4.69) is 10.1 Å². The lowest BCUT2D eigenvalue weighted by Gasteiger charge is -2.27. The van der Waals surface area contributed by atoms with Gasteiger partial charge < -0.3 is 14.8 Å². The Kier molecular flexibility index (Phi) is 5.10. The van der Waals surface area contributed by atoms with Crippen molar-refractivity contribution in [1.82, 2.24) is 5.32 Å². The highest BCUT2D eigenvalue weighted by atomic mass is 19.3. The summed E-state index contributed by atoms with van der Waals surface area (Å²) in [7, 11) is 0. The van der Waals surface area contributed by atoms with Gasteiger partial charge in [-0.25, -0.2) is 0 Å². The number of nitrogens with one attached hydrogen (secondary N) is 1. The predicted molar refractivity (Wildman–Crippen MR) is 68.5 cm³/mol. The summed E-state index contributed by atoms with van der Waals surface area (Å²) >= 11 is 0. The largest absolute Gasteiger partial charge is 0.435 e. The first-order chi connectivity index (χ1) is 9.15. The molecule has 0 saturated carbocycles. The summed E-state index contributed by atoms with van der Waals surface area (Å²) in [6, 6.07) is 7.21. The zero-order valence-corrected chi connectivity index (χ0v) is 10.9. The van der Waals surface area contributed by atoms with E-state index in [9.17, 15) is 8.78 Å². The van der Waals surface area contributed by atoms with E-state index in [0.29, 0.717) is 12.6 Å². The van der Waals surface area contributed by atoms with Crippen LogP contribution in [0.5, 0.6) is 5.75 Å². The van der Waals surface area contributed by atoms with Crippen LogP contribution >= 0.6 is 0 Å². The van der Waals surface area contributed by atoms with Gasteiger partial charge in [-0.3, -0.25) is 0 Å². The van der Waals surface area contributed by atoms with Crippen LogP contribution in [0.3, 0.4) is 0 Å². The van der Waals surface area contributed by atoms with Crippen LogP contribution < -0.4 is 10.1 Å². The minimum atomic E-state index is -2.79. The molecule has 1 fully saturated rings. The van der Waals surface area contributed by atoms with E-state index in [-0.39, 0.29) is 11.8 Å². The maximum atomic E-state index is 12.2. The second-order valence-corrected chi connectivity index (χ2v) is 4.75. The van der Waals surface area contributed by atoms with E-state index in [4.69, 9.17) is 4.74 Å². The van der Waals surface area contributed by atoms with Crippen LogP contribution in [0.4, 0.5) is 8.78 Å². The van der Waals surface area contributed by atoms with Gasteiger partial charge in [-0.2, -0.15) is 8.78 Å². The summed E-state index contributed by atoms with van der Waals surface area (Å²) in [5.74, 6) is 0.195. The lowest BCUT2D eigenvalue weighted by atomic mass is 10.0. The van der Waals surface area contributed by atoms with Gasteiger partial charge in [-0.05, 0) is 37.5 Å². The van der Waals surface area contributed by atoms with Crippen molar-refractivity contribution in [3.63, 3.8) is 0 Å². The number of hydrogen-bond acceptors (Lipinski definition) is 3. The average Bonchev–Trinajstić information content (AvgIpc) is 2.39. The Bertz CT molecular complexity index is 395. The van der Waals surface area contributed by atoms with Crippen molar-refractivity contribution >= 4 is 0 Å². The highest BCUT2D eigenvalue weighted by Crippen LogP contribution is 2.21. The molecule has 0 spiro atoms. The molecule has 1 saturated heterocycles. The van der Waals surface area contributed by atoms with Crippen LogP contribution in [0.1, 0.15) is 31.4 Å². The molecule has 1 heterocycles. The van der Waals surface area contributed by atoms with Crippen molar-refractivity contribution in [1.29, 1.82) is 0 Å². The molecular weight excluding hydrogens is 252 g/mol. The normalized spacial score (nSPS) is 21.4. The monoisotopic (exact) mass is 271 g/mol. The molecule has 1 aliphatic rings. The number of rotatable bonds is 5. The lowest BCUT2D eigenvalue weighted by molar-refractivity contribution is -0.0499. The molecule has 106 valence electrons. The molecule has 2 atom stereocenters. The summed E-state index contributed by atoms with van der Waals surface area (Å²) in [6.07, 6.45) is 2.14. The third-order valence-corrected chi connectivity index (χ3v) is 3.23. The van der Waals surface area contributed by atoms with Gasteiger partial charge in [0.15, 0.2) is 0 Å². The van der Waals surface area contributed by atoms with Gasteiger partial charge in [-0.15, -0.1) is 0 Å². The first-order valence-corrected chi connectivity index (χ1v) is 6.53. The topological polar surface area (TPSA) is 30.5 Å². The Labute approximate surface area is 111 Å². The Morgan fingerprint density at radius 1 is 1.42 bits per heavy atom. The molecular formula is C14H19F2NO2. The fourth-order valence-electron chi connectivity index (χ4n) is 2.28. The van der Waals surface area contributed by atoms with Crippen molar-refractivity contribution in [2.24, 2.45) is 0 Å². The third-order valence-electron chi connectivity index (χ3n) is 3.23. The third kappa shape index (κ3) is 4.44. The summed E-state index contributed by atoms with van der Waals surface area (Å²) in [4.78, 5) is 0. The zero-order valence-electron chi connectivity index (χ0n) is 10.9. The van der Waals surface area contributed by atoms with Crippen LogP contribution in [0.2, 0.25) is 0 Å². The van der Waals surface area contributed by atoms with Gasteiger partial charge in [0.25, 0.3) is 0 Å². The molecule has 2 unspecified atom stereocenters. The van der Waals surface area contributed by atoms with Gasteiger partial charge in [-0.1, -0.05) is 12.1 Å². The van der Waals surface area contributed by atoms with E-state index in [1.54, 1.807) is 12.1 Å². The summed E-state index contributed by atoms with van der Waals surface area (Å²) in [5.41, 5.74) is 0.934. The summed E-state index contributed by atoms with van der Waals surface area (Å²) in [6.45, 7) is 0.753. The molecule has 0 aromatic heterocycles. The smallest absolute Gasteiger partial charge is 0.387 e. The van der Waals surface area contributed by atoms with E-state index >= 15 is 0 Å². The molecule has 0 bridgehead atoms. The maximum absolute atomic E-state index is 12.2. The van der Waals surface area contributed by atoms with E-state index in [0.717, 1.165) is 25.0 Å². The molecule has 5 heteroatoms. The first-order valence-electron chi connectivity index (χ1n) is 6.53. The molecule has 2 rings (SSSR count). The van der Waals surface area contributed by atoms with Gasteiger partial charge in [0, 0.05) is 18.7 Å². The Balaban J connectivity index is 1.95. The maximum Gasteiger partial charge on any atom is 0.387 e. The van der Waals surface area contributed by atoms with Gasteiger partial charge in [0.1, 0.15) is 5.75 Å². The molecule has 19 heavy (non-hydrogen) atoms. The number of benzene rings is 1. The van der Waals surface area contributed by atoms with E-state index < -0.39 is 6.61 Å². The van der Waals surface area contributed by atoms with Crippen LogP contribution in [0.15, 0.2) is 24.3 Å². The standard InChI is InChI=1S/C14H19F2NO2/c1-10(17-12-5-3-7-18-9-12)11-4-2-6-13(8-11)19-14(15)16/h2,4,6,8,10,12,14,17H,3,5,7,9H2,1H3. The van der Waals surface area contributed by atoms with Crippen molar-refractivity contribution in [2.75, 3.05) is 13.2 Å². The second kappa shape index (κ2) is 6.82. The summed E-state index contributed by atoms with van der Waals surface area (Å²) < 4.78 is 34.2. The minimum Gasteiger partial charge on any atom is -0.435 e. The molecule has 0 radical (unpaired) electrons. The number of hydrogen-bond donors (Lipinski definition) is 1. The quantitative estimate of drug-likeness (QED) is 0.892. The molecule has 1 aromatic carbocycles. The van der Waals surface area contributed by atoms with Crippen molar-refractivity contribution in [3.05, 3.63) is 29.8 Å². The fourth-order valence-corrected chi connectivity index (χ4v) is 2.28. The van der Waals surface area contributed by atoms with Crippen molar-refractivity contribution < 1.29 is 18.3 Å². The summed E-state index contributed by atoms with van der Waals surface area (Å²) in [5, 5.41) is 3.45. The molecule has 0 amide bonds. The van der Waals surface area contributed by atoms with Crippen molar-refractivity contribution in [3.8, 4) is 5.75 Å². The molecule has 1 aromatic rings. The predicted octanol–water partition coefficient (Wildman–Crippen LogP) is 3.12. The lowest BCUT2D eigenvalue weighted by Crippen LogP contribution is -2.38. The molecule has 1 aliphatic heterocycles. The highest BCUT2D eigenvalue weighted by Gasteiger charge is 2.17. The average molecular weight is 271 g/mol. The first kappa shape index (κ1) is 14.2. The van der Waals surface area contributed by atoms with Gasteiger partial charge in [0.2, 0.25) is 0 Å². The van der Waals surface area contributed by atoms with E-state index in [1.165, 1.54) is 6.07 Å². The van der Waals surface area contributed by atoms with Gasteiger partial charge in [0.05, 0.1) is 6.61 Å². The van der Waals surface area contributed by atoms with Crippen LogP contribution in [-0.4, -0.2) is 25.9 Å². The number of halogens is 2. The van der Waals surface area contributed by atoms with Crippen LogP contribution in [0.25, 0.3) is 0 Å². The Morgan fingerprint density at radius 3 is 2.95 bits per heavy atom. The van der Waals surface area contributed by atoms with Crippen LogP contribution in [0, 0.1) is 0 Å². The Hall–Kier alpha value is -1.20. The van der Waals surface area contributed by atoms with E-state index in [1.807, 2.05) is 13.0 Å². The number of alkyl halides is 2. The fraction of sp³-hybridized carbons (Fsp3) is 0.571. The zero-order chi connectivity index (χ0) is 13.7.